The zero-order valence-electron chi connectivity index (χ0n) is 29.8. The summed E-state index contributed by atoms with van der Waals surface area (Å²) in [6.07, 6.45) is 1.22. The van der Waals surface area contributed by atoms with Gasteiger partial charge in [0.1, 0.15) is 22.4 Å². The second-order valence-corrected chi connectivity index (χ2v) is 15.4. The first kappa shape index (κ1) is 37.6. The number of fused-ring (bicyclic) bond motifs is 1. The number of nitriles is 1. The van der Waals surface area contributed by atoms with Gasteiger partial charge in [0, 0.05) is 46.0 Å². The predicted octanol–water partition coefficient (Wildman–Crippen LogP) is 6.34. The van der Waals surface area contributed by atoms with E-state index in [0.717, 1.165) is 43.9 Å². The summed E-state index contributed by atoms with van der Waals surface area (Å²) in [5, 5.41) is 14.0. The Kier molecular flexibility index (Phi) is 11.2. The van der Waals surface area contributed by atoms with Crippen LogP contribution in [-0.2, 0) is 23.0 Å². The number of ether oxygens (including phenoxy) is 1. The van der Waals surface area contributed by atoms with E-state index in [2.05, 4.69) is 41.1 Å². The van der Waals surface area contributed by atoms with Crippen LogP contribution in [0.1, 0.15) is 80.4 Å². The maximum atomic E-state index is 14.0. The number of aromatic amines is 1. The molecule has 0 aliphatic carbocycles. The smallest absolute Gasteiger partial charge is 0.268 e. The van der Waals surface area contributed by atoms with Gasteiger partial charge in [-0.3, -0.25) is 20.4 Å². The van der Waals surface area contributed by atoms with Crippen LogP contribution in [0.5, 0.6) is 5.75 Å². The molecule has 2 atom stereocenters. The Bertz CT molecular complexity index is 2320. The molecule has 0 saturated carbocycles. The lowest BCUT2D eigenvalue weighted by atomic mass is 9.87. The highest BCUT2D eigenvalue weighted by molar-refractivity contribution is 7.90. The summed E-state index contributed by atoms with van der Waals surface area (Å²) < 4.78 is 34.0. The molecule has 0 bridgehead atoms. The minimum absolute atomic E-state index is 0.0763. The average molecular weight is 753 g/mol. The van der Waals surface area contributed by atoms with Crippen LogP contribution in [0.15, 0.2) is 83.8 Å². The number of nitrogens with one attached hydrogen (secondary N) is 5. The number of halogens is 1. The maximum absolute atomic E-state index is 14.0. The zero-order chi connectivity index (χ0) is 37.9. The number of hydrazine groups is 1. The first-order valence-electron chi connectivity index (χ1n) is 17.4. The molecule has 13 heteroatoms. The number of sulfonamides is 1. The second kappa shape index (κ2) is 15.8. The maximum Gasteiger partial charge on any atom is 0.268 e. The van der Waals surface area contributed by atoms with Crippen molar-refractivity contribution >= 4 is 44.3 Å². The Morgan fingerprint density at radius 2 is 1.62 bits per heavy atom. The molecular formula is C40H41ClN6O5S. The van der Waals surface area contributed by atoms with Crippen LogP contribution >= 0.6 is 11.6 Å². The molecule has 6 rings (SSSR count). The lowest BCUT2D eigenvalue weighted by Gasteiger charge is -2.19. The number of amides is 2. The number of H-pyrrole nitrogens is 1. The molecule has 1 fully saturated rings. The highest BCUT2D eigenvalue weighted by Crippen LogP contribution is 2.35. The summed E-state index contributed by atoms with van der Waals surface area (Å²) >= 11 is 6.35. The van der Waals surface area contributed by atoms with Crippen molar-refractivity contribution < 1.29 is 22.7 Å². The normalized spacial score (nSPS) is 17.0. The minimum atomic E-state index is -4.31. The fraction of sp³-hybridized carbons (Fsp3) is 0.275. The first-order valence-corrected chi connectivity index (χ1v) is 19.2. The van der Waals surface area contributed by atoms with E-state index in [9.17, 15) is 23.3 Å². The molecule has 2 amide bonds. The number of nitrogens with zero attached hydrogens (tertiary/aromatic N) is 1. The number of aromatic nitrogens is 1. The van der Waals surface area contributed by atoms with Crippen LogP contribution in [0.4, 0.5) is 0 Å². The standard InChI is InChI=1S/C40H41ClN6O5S/c1-23-18-30(19-24(2)36(23)41)52-17-9-15-32-31-13-8-14-33(35-25(3)45-46-26(35)4)37(31)44-38(32)40(49)43-22-27-10-7-12-28(20-27)39(48)47-53(50,51)34-16-6-5-11-29(34)21-42/h5-8,10-14,16,18-20,25-26,35,44-46H,9,15,17,22H2,1-4H3,(H,43,49)(H,47,48). The van der Waals surface area contributed by atoms with Crippen molar-refractivity contribution in [2.45, 2.75) is 70.0 Å². The lowest BCUT2D eigenvalue weighted by molar-refractivity contribution is 0.0944. The summed E-state index contributed by atoms with van der Waals surface area (Å²) in [6.45, 7) is 8.66. The molecule has 1 aliphatic rings. The van der Waals surface area contributed by atoms with E-state index in [1.54, 1.807) is 18.2 Å². The Labute approximate surface area is 314 Å². The molecule has 53 heavy (non-hydrogen) atoms. The van der Waals surface area contributed by atoms with Gasteiger partial charge in [-0.25, -0.2) is 13.1 Å². The number of aryl methyl sites for hydroxylation is 3. The number of para-hydroxylation sites is 1. The van der Waals surface area contributed by atoms with E-state index in [4.69, 9.17) is 16.3 Å². The van der Waals surface area contributed by atoms with Gasteiger partial charge in [0.05, 0.1) is 12.2 Å². The van der Waals surface area contributed by atoms with Crippen LogP contribution in [0, 0.1) is 25.2 Å². The van der Waals surface area contributed by atoms with Gasteiger partial charge >= 0.3 is 0 Å². The Hall–Kier alpha value is -5.19. The average Bonchev–Trinajstić information content (AvgIpc) is 3.69. The Balaban J connectivity index is 1.21. The molecule has 1 saturated heterocycles. The van der Waals surface area contributed by atoms with Crippen molar-refractivity contribution in [2.75, 3.05) is 6.61 Å². The van der Waals surface area contributed by atoms with E-state index in [1.165, 1.54) is 30.3 Å². The number of rotatable bonds is 12. The third-order valence-corrected chi connectivity index (χ3v) is 11.6. The van der Waals surface area contributed by atoms with Crippen LogP contribution in [-0.4, -0.2) is 43.9 Å². The highest BCUT2D eigenvalue weighted by atomic mass is 35.5. The molecule has 4 aromatic carbocycles. The lowest BCUT2D eigenvalue weighted by Crippen LogP contribution is -2.31. The van der Waals surface area contributed by atoms with Crippen LogP contribution in [0.3, 0.4) is 0 Å². The fourth-order valence-electron chi connectivity index (χ4n) is 6.99. The van der Waals surface area contributed by atoms with Gasteiger partial charge in [0.15, 0.2) is 0 Å². The van der Waals surface area contributed by atoms with E-state index in [-0.39, 0.29) is 46.5 Å². The van der Waals surface area contributed by atoms with E-state index in [0.29, 0.717) is 30.7 Å². The number of carbonyl (C=O) groups is 2. The van der Waals surface area contributed by atoms with Crippen LogP contribution < -0.4 is 25.6 Å². The van der Waals surface area contributed by atoms with Gasteiger partial charge in [0.25, 0.3) is 21.8 Å². The Morgan fingerprint density at radius 3 is 2.34 bits per heavy atom. The quantitative estimate of drug-likeness (QED) is 0.0922. The second-order valence-electron chi connectivity index (χ2n) is 13.4. The summed E-state index contributed by atoms with van der Waals surface area (Å²) in [5.74, 6) is -0.275. The van der Waals surface area contributed by atoms with E-state index in [1.807, 2.05) is 48.9 Å². The largest absolute Gasteiger partial charge is 0.494 e. The summed E-state index contributed by atoms with van der Waals surface area (Å²) in [7, 11) is -4.31. The van der Waals surface area contributed by atoms with Crippen molar-refractivity contribution in [1.29, 1.82) is 5.26 Å². The van der Waals surface area contributed by atoms with Crippen molar-refractivity contribution in [2.24, 2.45) is 0 Å². The number of benzene rings is 4. The van der Waals surface area contributed by atoms with Gasteiger partial charge in [0.2, 0.25) is 0 Å². The number of hydrogen-bond donors (Lipinski definition) is 5. The molecule has 11 nitrogen and oxygen atoms in total. The van der Waals surface area contributed by atoms with Crippen molar-refractivity contribution in [3.05, 3.63) is 129 Å². The molecule has 1 aliphatic heterocycles. The van der Waals surface area contributed by atoms with Gasteiger partial charge in [-0.15, -0.1) is 0 Å². The van der Waals surface area contributed by atoms with E-state index < -0.39 is 15.9 Å². The van der Waals surface area contributed by atoms with Crippen molar-refractivity contribution in [1.82, 2.24) is 25.9 Å². The topological polar surface area (TPSA) is 165 Å². The molecule has 2 unspecified atom stereocenters. The number of carbonyl (C=O) groups excluding carboxylic acids is 2. The summed E-state index contributed by atoms with van der Waals surface area (Å²) in [5.41, 5.74) is 12.5. The van der Waals surface area contributed by atoms with Crippen LogP contribution in [0.2, 0.25) is 5.02 Å². The third kappa shape index (κ3) is 8.09. The van der Waals surface area contributed by atoms with Gasteiger partial charge in [-0.1, -0.05) is 54.1 Å². The minimum Gasteiger partial charge on any atom is -0.494 e. The molecular weight excluding hydrogens is 712 g/mol. The molecule has 5 aromatic rings. The zero-order valence-corrected chi connectivity index (χ0v) is 31.4. The van der Waals surface area contributed by atoms with E-state index >= 15 is 0 Å². The first-order chi connectivity index (χ1) is 25.4. The SMILES string of the molecule is Cc1cc(OCCCc2c(C(=O)NCc3cccc(C(=O)NS(=O)(=O)c4ccccc4C#N)c3)[nH]c3c(C4C(C)NNC4C)cccc23)cc(C)c1Cl. The monoisotopic (exact) mass is 752 g/mol. The number of hydrogen-bond acceptors (Lipinski definition) is 8. The van der Waals surface area contributed by atoms with Gasteiger partial charge < -0.3 is 15.0 Å². The fourth-order valence-corrected chi connectivity index (χ4v) is 8.23. The molecule has 1 aromatic heterocycles. The highest BCUT2D eigenvalue weighted by Gasteiger charge is 2.33. The van der Waals surface area contributed by atoms with Crippen molar-refractivity contribution in [3.8, 4) is 11.8 Å². The molecule has 274 valence electrons. The van der Waals surface area contributed by atoms with Gasteiger partial charge in [-0.05, 0) is 105 Å². The predicted molar refractivity (Wildman–Crippen MR) is 204 cm³/mol. The third-order valence-electron chi connectivity index (χ3n) is 9.59. The molecule has 5 N–H and O–H groups in total. The van der Waals surface area contributed by atoms with Gasteiger partial charge in [-0.2, -0.15) is 5.26 Å². The summed E-state index contributed by atoms with van der Waals surface area (Å²) in [4.78, 5) is 30.2. The molecule has 0 radical (unpaired) electrons. The summed E-state index contributed by atoms with van der Waals surface area (Å²) in [6, 6.07) is 24.2. The molecule has 0 spiro atoms. The Morgan fingerprint density at radius 1 is 0.925 bits per heavy atom. The van der Waals surface area contributed by atoms with Crippen molar-refractivity contribution in [3.63, 3.8) is 0 Å². The van der Waals surface area contributed by atoms with Crippen LogP contribution in [0.25, 0.3) is 10.9 Å². The molecule has 2 heterocycles.